The molecule has 0 saturated heterocycles. The summed E-state index contributed by atoms with van der Waals surface area (Å²) in [6, 6.07) is 5.94. The average Bonchev–Trinajstić information content (AvgIpc) is 2.16. The van der Waals surface area contributed by atoms with Gasteiger partial charge in [0.15, 0.2) is 0 Å². The van der Waals surface area contributed by atoms with Crippen molar-refractivity contribution in [3.8, 4) is 5.75 Å². The van der Waals surface area contributed by atoms with E-state index in [1.165, 1.54) is 5.56 Å². The molecule has 0 saturated carbocycles. The molecule has 15 heavy (non-hydrogen) atoms. The summed E-state index contributed by atoms with van der Waals surface area (Å²) >= 11 is 0. The van der Waals surface area contributed by atoms with Crippen molar-refractivity contribution in [1.29, 1.82) is 0 Å². The Kier molecular flexibility index (Phi) is 6.32. The van der Waals surface area contributed by atoms with Gasteiger partial charge in [0.1, 0.15) is 18.5 Å². The van der Waals surface area contributed by atoms with Gasteiger partial charge in [0.05, 0.1) is 0 Å². The predicted molar refractivity (Wildman–Crippen MR) is 56.5 cm³/mol. The van der Waals surface area contributed by atoms with Gasteiger partial charge >= 0.3 is 0 Å². The van der Waals surface area contributed by atoms with E-state index < -0.39 is 6.10 Å². The van der Waals surface area contributed by atoms with Crippen molar-refractivity contribution in [2.75, 3.05) is 13.2 Å². The molecule has 0 bridgehead atoms. The molecular weight excluding hydrogens is 214 g/mol. The van der Waals surface area contributed by atoms with Gasteiger partial charge in [0.2, 0.25) is 0 Å². The highest BCUT2D eigenvalue weighted by atomic mass is 35.5. The maximum atomic E-state index is 9.21. The van der Waals surface area contributed by atoms with Crippen molar-refractivity contribution in [3.63, 3.8) is 0 Å². The highest BCUT2D eigenvalue weighted by Gasteiger charge is 2.04. The minimum atomic E-state index is -0.587. The lowest BCUT2D eigenvalue weighted by atomic mass is 10.1. The lowest BCUT2D eigenvalue weighted by Gasteiger charge is -2.12. The molecule has 1 atom stereocenters. The molecule has 0 aliphatic rings. The number of aliphatic hydroxyl groups excluding tert-OH is 1. The summed E-state index contributed by atoms with van der Waals surface area (Å²) in [5, 5.41) is 9.21. The Balaban J connectivity index is 0.00000196. The van der Waals surface area contributed by atoms with E-state index in [4.69, 9.17) is 10.5 Å². The van der Waals surface area contributed by atoms with Crippen LogP contribution in [0, 0.1) is 13.8 Å². The van der Waals surface area contributed by atoms with Gasteiger partial charge in [-0.05, 0) is 25.5 Å². The second kappa shape index (κ2) is 6.67. The van der Waals surface area contributed by atoms with Crippen LogP contribution in [-0.4, -0.2) is 24.4 Å². The van der Waals surface area contributed by atoms with Crippen molar-refractivity contribution in [1.82, 2.24) is 0 Å². The van der Waals surface area contributed by atoms with E-state index in [-0.39, 0.29) is 25.6 Å². The molecule has 0 fully saturated rings. The van der Waals surface area contributed by atoms with Gasteiger partial charge in [-0.2, -0.15) is 0 Å². The van der Waals surface area contributed by atoms with E-state index in [0.29, 0.717) is 0 Å². The molecule has 86 valence electrons. The lowest BCUT2D eigenvalue weighted by Crippen LogP contribution is -3.00. The molecule has 0 aliphatic heterocycles. The molecule has 0 spiro atoms. The summed E-state index contributed by atoms with van der Waals surface area (Å²) in [5.41, 5.74) is 7.55. The standard InChI is InChI=1S/C11H17NO2.ClH/c1-8-3-4-11(9(2)5-8)14-7-10(13)6-12;/h3-5,10,13H,6-7,12H2,1-2H3;1H/p-1. The minimum absolute atomic E-state index is 0. The normalized spacial score (nSPS) is 11.7. The van der Waals surface area contributed by atoms with Crippen molar-refractivity contribution in [3.05, 3.63) is 29.3 Å². The number of rotatable bonds is 4. The topological polar surface area (TPSA) is 55.5 Å². The third-order valence-electron chi connectivity index (χ3n) is 2.03. The summed E-state index contributed by atoms with van der Waals surface area (Å²) in [7, 11) is 0. The Hall–Kier alpha value is -0.770. The zero-order valence-electron chi connectivity index (χ0n) is 9.03. The second-order valence-corrected chi connectivity index (χ2v) is 3.47. The Morgan fingerprint density at radius 2 is 2.07 bits per heavy atom. The number of hydrogen-bond acceptors (Lipinski definition) is 3. The Bertz CT molecular complexity index is 305. The maximum absolute atomic E-state index is 9.21. The SMILES string of the molecule is Cc1ccc(OCC(O)CN)c(C)c1.[Cl-]. The van der Waals surface area contributed by atoms with Crippen LogP contribution in [0.4, 0.5) is 0 Å². The minimum Gasteiger partial charge on any atom is -1.00 e. The van der Waals surface area contributed by atoms with Crippen LogP contribution in [0.1, 0.15) is 11.1 Å². The number of nitrogens with two attached hydrogens (primary N) is 1. The molecule has 3 N–H and O–H groups in total. The van der Waals surface area contributed by atoms with E-state index in [0.717, 1.165) is 11.3 Å². The summed E-state index contributed by atoms with van der Waals surface area (Å²) in [4.78, 5) is 0. The predicted octanol–water partition coefficient (Wildman–Crippen LogP) is -1.99. The van der Waals surface area contributed by atoms with Crippen molar-refractivity contribution < 1.29 is 22.3 Å². The number of hydrogen-bond donors (Lipinski definition) is 2. The van der Waals surface area contributed by atoms with Gasteiger partial charge in [-0.3, -0.25) is 0 Å². The zero-order chi connectivity index (χ0) is 10.6. The van der Waals surface area contributed by atoms with Gasteiger partial charge in [-0.15, -0.1) is 0 Å². The monoisotopic (exact) mass is 230 g/mol. The highest BCUT2D eigenvalue weighted by molar-refractivity contribution is 5.35. The molecule has 0 aromatic heterocycles. The molecule has 3 nitrogen and oxygen atoms in total. The fraction of sp³-hybridized carbons (Fsp3) is 0.455. The van der Waals surface area contributed by atoms with E-state index in [2.05, 4.69) is 0 Å². The number of ether oxygens (including phenoxy) is 1. The summed E-state index contributed by atoms with van der Waals surface area (Å²) in [6.45, 7) is 4.49. The van der Waals surface area contributed by atoms with Crippen LogP contribution >= 0.6 is 0 Å². The van der Waals surface area contributed by atoms with Crippen LogP contribution in [0.3, 0.4) is 0 Å². The molecule has 1 aromatic rings. The van der Waals surface area contributed by atoms with Gasteiger partial charge in [-0.1, -0.05) is 17.7 Å². The molecule has 0 aliphatic carbocycles. The lowest BCUT2D eigenvalue weighted by molar-refractivity contribution is -0.00000485. The van der Waals surface area contributed by atoms with Gasteiger partial charge in [0.25, 0.3) is 0 Å². The van der Waals surface area contributed by atoms with Crippen molar-refractivity contribution in [2.45, 2.75) is 20.0 Å². The van der Waals surface area contributed by atoms with Gasteiger partial charge in [0, 0.05) is 6.54 Å². The van der Waals surface area contributed by atoms with Crippen LogP contribution in [0.5, 0.6) is 5.75 Å². The van der Waals surface area contributed by atoms with E-state index in [1.807, 2.05) is 32.0 Å². The van der Waals surface area contributed by atoms with E-state index >= 15 is 0 Å². The first-order chi connectivity index (χ1) is 6.63. The first kappa shape index (κ1) is 14.2. The molecule has 0 amide bonds. The summed E-state index contributed by atoms with van der Waals surface area (Å²) < 4.78 is 5.41. The molecule has 1 rings (SSSR count). The highest BCUT2D eigenvalue weighted by Crippen LogP contribution is 2.18. The third kappa shape index (κ3) is 4.51. The number of aliphatic hydroxyl groups is 1. The molecule has 0 heterocycles. The zero-order valence-corrected chi connectivity index (χ0v) is 9.79. The van der Waals surface area contributed by atoms with Crippen LogP contribution in [0.2, 0.25) is 0 Å². The van der Waals surface area contributed by atoms with Crippen molar-refractivity contribution in [2.24, 2.45) is 5.73 Å². The molecule has 1 unspecified atom stereocenters. The van der Waals surface area contributed by atoms with Crippen LogP contribution in [0.15, 0.2) is 18.2 Å². The van der Waals surface area contributed by atoms with Crippen molar-refractivity contribution >= 4 is 0 Å². The van der Waals surface area contributed by atoms with E-state index in [9.17, 15) is 5.11 Å². The number of halogens is 1. The molecular formula is C11H17ClNO2-. The Morgan fingerprint density at radius 3 is 2.60 bits per heavy atom. The second-order valence-electron chi connectivity index (χ2n) is 3.47. The van der Waals surface area contributed by atoms with Crippen LogP contribution < -0.4 is 22.9 Å². The maximum Gasteiger partial charge on any atom is 0.122 e. The molecule has 1 aromatic carbocycles. The summed E-state index contributed by atoms with van der Waals surface area (Å²) in [5.74, 6) is 0.808. The Labute approximate surface area is 96.7 Å². The van der Waals surface area contributed by atoms with Crippen LogP contribution in [0.25, 0.3) is 0 Å². The largest absolute Gasteiger partial charge is 1.00 e. The molecule has 0 radical (unpaired) electrons. The van der Waals surface area contributed by atoms with Crippen LogP contribution in [-0.2, 0) is 0 Å². The quantitative estimate of drug-likeness (QED) is 0.630. The fourth-order valence-corrected chi connectivity index (χ4v) is 1.22. The number of benzene rings is 1. The number of aryl methyl sites for hydroxylation is 2. The first-order valence-electron chi connectivity index (χ1n) is 4.71. The summed E-state index contributed by atoms with van der Waals surface area (Å²) in [6.07, 6.45) is -0.587. The smallest absolute Gasteiger partial charge is 0.122 e. The fourth-order valence-electron chi connectivity index (χ4n) is 1.22. The van der Waals surface area contributed by atoms with Gasteiger partial charge < -0.3 is 28.0 Å². The van der Waals surface area contributed by atoms with Gasteiger partial charge in [-0.25, -0.2) is 0 Å². The first-order valence-corrected chi connectivity index (χ1v) is 4.71. The Morgan fingerprint density at radius 1 is 1.40 bits per heavy atom. The molecule has 4 heteroatoms. The average molecular weight is 231 g/mol. The van der Waals surface area contributed by atoms with E-state index in [1.54, 1.807) is 0 Å². The third-order valence-corrected chi connectivity index (χ3v) is 2.03.